The van der Waals surface area contributed by atoms with E-state index in [9.17, 15) is 0 Å². The van der Waals surface area contributed by atoms with Crippen LogP contribution in [0.1, 0.15) is 25.8 Å². The van der Waals surface area contributed by atoms with Gasteiger partial charge in [0.2, 0.25) is 0 Å². The smallest absolute Gasteiger partial charge is 0.0424 e. The molecule has 0 amide bonds. The minimum Gasteiger partial charge on any atom is -0.374 e. The van der Waals surface area contributed by atoms with E-state index < -0.39 is 0 Å². The molecule has 1 unspecified atom stereocenters. The van der Waals surface area contributed by atoms with Crippen molar-refractivity contribution in [1.29, 1.82) is 0 Å². The number of aromatic nitrogens is 1. The number of hydrogen-bond acceptors (Lipinski definition) is 3. The number of pyridine rings is 1. The summed E-state index contributed by atoms with van der Waals surface area (Å²) in [6.45, 7) is 7.41. The van der Waals surface area contributed by atoms with Crippen molar-refractivity contribution in [2.24, 2.45) is 11.7 Å². The fourth-order valence-corrected chi connectivity index (χ4v) is 1.69. The summed E-state index contributed by atoms with van der Waals surface area (Å²) in [7, 11) is 2.11. The van der Waals surface area contributed by atoms with Gasteiger partial charge < -0.3 is 10.6 Å². The Bertz CT molecular complexity index is 323. The Hall–Kier alpha value is -1.09. The number of hydrogen-bond donors (Lipinski definition) is 1. The lowest BCUT2D eigenvalue weighted by molar-refractivity contribution is 0.466. The summed E-state index contributed by atoms with van der Waals surface area (Å²) >= 11 is 0. The first-order valence-electron chi connectivity index (χ1n) is 5.89. The molecule has 0 saturated carbocycles. The van der Waals surface area contributed by atoms with Crippen molar-refractivity contribution in [3.63, 3.8) is 0 Å². The first-order chi connectivity index (χ1) is 7.52. The molecule has 3 nitrogen and oxygen atoms in total. The Kier molecular flexibility index (Phi) is 4.74. The summed E-state index contributed by atoms with van der Waals surface area (Å²) in [4.78, 5) is 6.35. The number of rotatable bonds is 5. The summed E-state index contributed by atoms with van der Waals surface area (Å²) in [5.41, 5.74) is 8.49. The van der Waals surface area contributed by atoms with Crippen LogP contribution in [0, 0.1) is 12.8 Å². The second-order valence-electron chi connectivity index (χ2n) is 4.78. The summed E-state index contributed by atoms with van der Waals surface area (Å²) in [6.07, 6.45) is 4.76. The quantitative estimate of drug-likeness (QED) is 0.829. The van der Waals surface area contributed by atoms with Crippen molar-refractivity contribution in [2.75, 3.05) is 18.5 Å². The minimum atomic E-state index is 0.282. The summed E-state index contributed by atoms with van der Waals surface area (Å²) in [6, 6.07) is 2.33. The van der Waals surface area contributed by atoms with Crippen LogP contribution in [-0.4, -0.2) is 24.6 Å². The summed E-state index contributed by atoms with van der Waals surface area (Å²) < 4.78 is 0. The first kappa shape index (κ1) is 13.0. The van der Waals surface area contributed by atoms with E-state index in [0.717, 1.165) is 13.0 Å². The molecule has 0 aliphatic carbocycles. The molecule has 3 heteroatoms. The van der Waals surface area contributed by atoms with E-state index in [4.69, 9.17) is 5.73 Å². The van der Waals surface area contributed by atoms with Gasteiger partial charge in [-0.1, -0.05) is 13.8 Å². The predicted octanol–water partition coefficient (Wildman–Crippen LogP) is 2.20. The molecule has 1 rings (SSSR count). The highest BCUT2D eigenvalue weighted by atomic mass is 15.1. The second-order valence-corrected chi connectivity index (χ2v) is 4.78. The van der Waals surface area contributed by atoms with E-state index in [1.54, 1.807) is 0 Å². The molecule has 0 bridgehead atoms. The maximum absolute atomic E-state index is 6.04. The van der Waals surface area contributed by atoms with Gasteiger partial charge in [-0.05, 0) is 30.9 Å². The van der Waals surface area contributed by atoms with Crippen LogP contribution in [0.15, 0.2) is 18.5 Å². The number of anilines is 1. The largest absolute Gasteiger partial charge is 0.374 e. The lowest BCUT2D eigenvalue weighted by Crippen LogP contribution is -2.32. The van der Waals surface area contributed by atoms with Gasteiger partial charge in [-0.25, -0.2) is 0 Å². The molecule has 0 aliphatic rings. The van der Waals surface area contributed by atoms with E-state index in [2.05, 4.69) is 43.8 Å². The summed E-state index contributed by atoms with van der Waals surface area (Å²) in [5.74, 6) is 0.548. The number of nitrogens with zero attached hydrogens (tertiary/aromatic N) is 2. The molecule has 90 valence electrons. The molecule has 16 heavy (non-hydrogen) atoms. The van der Waals surface area contributed by atoms with Crippen LogP contribution in [0.2, 0.25) is 0 Å². The highest BCUT2D eigenvalue weighted by molar-refractivity contribution is 5.50. The first-order valence-corrected chi connectivity index (χ1v) is 5.89. The van der Waals surface area contributed by atoms with Crippen molar-refractivity contribution in [3.8, 4) is 0 Å². The Morgan fingerprint density at radius 2 is 2.12 bits per heavy atom. The topological polar surface area (TPSA) is 42.2 Å². The predicted molar refractivity (Wildman–Crippen MR) is 69.7 cm³/mol. The van der Waals surface area contributed by atoms with Crippen molar-refractivity contribution in [3.05, 3.63) is 24.0 Å². The molecule has 0 aromatic carbocycles. The minimum absolute atomic E-state index is 0.282. The van der Waals surface area contributed by atoms with E-state index in [0.29, 0.717) is 5.92 Å². The van der Waals surface area contributed by atoms with Crippen LogP contribution < -0.4 is 10.6 Å². The Balaban J connectivity index is 2.53. The lowest BCUT2D eigenvalue weighted by Gasteiger charge is -2.24. The third kappa shape index (κ3) is 3.49. The van der Waals surface area contributed by atoms with E-state index >= 15 is 0 Å². The zero-order chi connectivity index (χ0) is 12.1. The molecular formula is C13H23N3. The molecule has 2 N–H and O–H groups in total. The van der Waals surface area contributed by atoms with Crippen molar-refractivity contribution in [2.45, 2.75) is 33.2 Å². The van der Waals surface area contributed by atoms with Crippen LogP contribution in [0.25, 0.3) is 0 Å². The molecule has 1 heterocycles. The standard InChI is InChI=1S/C13H23N3/c1-10(2)12(14)6-8-16(4)13-5-7-15-9-11(13)3/h5,7,9-10,12H,6,8,14H2,1-4H3. The number of aryl methyl sites for hydroxylation is 1. The van der Waals surface area contributed by atoms with Crippen molar-refractivity contribution >= 4 is 5.69 Å². The molecule has 1 atom stereocenters. The molecular weight excluding hydrogens is 198 g/mol. The van der Waals surface area contributed by atoms with Gasteiger partial charge in [-0.2, -0.15) is 0 Å². The van der Waals surface area contributed by atoms with Gasteiger partial charge in [0.1, 0.15) is 0 Å². The third-order valence-corrected chi connectivity index (χ3v) is 3.06. The van der Waals surface area contributed by atoms with Crippen molar-refractivity contribution < 1.29 is 0 Å². The van der Waals surface area contributed by atoms with Crippen LogP contribution >= 0.6 is 0 Å². The normalized spacial score (nSPS) is 12.9. The highest BCUT2D eigenvalue weighted by Gasteiger charge is 2.10. The van der Waals surface area contributed by atoms with Gasteiger partial charge in [0.25, 0.3) is 0 Å². The average Bonchev–Trinajstić information content (AvgIpc) is 2.25. The molecule has 0 saturated heterocycles. The third-order valence-electron chi connectivity index (χ3n) is 3.06. The second kappa shape index (κ2) is 5.85. The van der Waals surface area contributed by atoms with E-state index in [1.165, 1.54) is 11.3 Å². The molecule has 0 fully saturated rings. The Labute approximate surface area is 98.7 Å². The van der Waals surface area contributed by atoms with Crippen LogP contribution in [0.4, 0.5) is 5.69 Å². The van der Waals surface area contributed by atoms with E-state index in [-0.39, 0.29) is 6.04 Å². The van der Waals surface area contributed by atoms with Gasteiger partial charge in [0.05, 0.1) is 0 Å². The van der Waals surface area contributed by atoms with Gasteiger partial charge in [0.15, 0.2) is 0 Å². The molecule has 0 radical (unpaired) electrons. The zero-order valence-electron chi connectivity index (χ0n) is 10.8. The van der Waals surface area contributed by atoms with Crippen LogP contribution in [0.3, 0.4) is 0 Å². The van der Waals surface area contributed by atoms with Crippen molar-refractivity contribution in [1.82, 2.24) is 4.98 Å². The zero-order valence-corrected chi connectivity index (χ0v) is 10.8. The monoisotopic (exact) mass is 221 g/mol. The van der Waals surface area contributed by atoms with Gasteiger partial charge in [-0.15, -0.1) is 0 Å². The van der Waals surface area contributed by atoms with Crippen LogP contribution in [0.5, 0.6) is 0 Å². The maximum Gasteiger partial charge on any atom is 0.0424 e. The molecule has 1 aromatic rings. The Morgan fingerprint density at radius 1 is 1.44 bits per heavy atom. The Morgan fingerprint density at radius 3 is 2.69 bits per heavy atom. The number of nitrogens with two attached hydrogens (primary N) is 1. The lowest BCUT2D eigenvalue weighted by atomic mass is 10.0. The summed E-state index contributed by atoms with van der Waals surface area (Å²) in [5, 5.41) is 0. The van der Waals surface area contributed by atoms with Gasteiger partial charge in [0, 0.05) is 37.7 Å². The fourth-order valence-electron chi connectivity index (χ4n) is 1.69. The van der Waals surface area contributed by atoms with Gasteiger partial charge in [-0.3, -0.25) is 4.98 Å². The fraction of sp³-hybridized carbons (Fsp3) is 0.615. The highest BCUT2D eigenvalue weighted by Crippen LogP contribution is 2.17. The van der Waals surface area contributed by atoms with Gasteiger partial charge >= 0.3 is 0 Å². The average molecular weight is 221 g/mol. The van der Waals surface area contributed by atoms with Crippen LogP contribution in [-0.2, 0) is 0 Å². The maximum atomic E-state index is 6.04. The molecule has 0 aliphatic heterocycles. The molecule has 0 spiro atoms. The SMILES string of the molecule is Cc1cnccc1N(C)CCC(N)C(C)C. The van der Waals surface area contributed by atoms with E-state index in [1.807, 2.05) is 12.4 Å². The molecule has 1 aromatic heterocycles.